The van der Waals surface area contributed by atoms with Gasteiger partial charge in [-0.15, -0.1) is 0 Å². The molecule has 0 unspecified atom stereocenters. The minimum absolute atomic E-state index is 0.0691. The molecule has 0 fully saturated rings. The number of esters is 1. The van der Waals surface area contributed by atoms with Gasteiger partial charge in [0, 0.05) is 32.4 Å². The van der Waals surface area contributed by atoms with Crippen LogP contribution in [0.5, 0.6) is 0 Å². The lowest BCUT2D eigenvalue weighted by atomic mass is 10.2. The number of hydrogen-bond donors (Lipinski definition) is 0. The van der Waals surface area contributed by atoms with Crippen LogP contribution in [0.1, 0.15) is 33.6 Å². The number of allylic oxidation sites excluding steroid dienone is 1. The van der Waals surface area contributed by atoms with Gasteiger partial charge in [-0.25, -0.2) is 0 Å². The standard InChI is InChI=1S/C14H25NO4/c1-5-19-10-6-8-15(9-7-14(17)18-4)13(16)11-12(2)3/h11H,5-10H2,1-4H3. The van der Waals surface area contributed by atoms with Gasteiger partial charge in [0.15, 0.2) is 0 Å². The fraction of sp³-hybridized carbons (Fsp3) is 0.714. The van der Waals surface area contributed by atoms with Crippen molar-refractivity contribution in [2.75, 3.05) is 33.4 Å². The second-order valence-electron chi connectivity index (χ2n) is 4.42. The van der Waals surface area contributed by atoms with Gasteiger partial charge in [0.2, 0.25) is 5.91 Å². The molecule has 19 heavy (non-hydrogen) atoms. The van der Waals surface area contributed by atoms with E-state index in [2.05, 4.69) is 4.74 Å². The highest BCUT2D eigenvalue weighted by Crippen LogP contribution is 2.01. The molecular weight excluding hydrogens is 246 g/mol. The molecule has 0 rings (SSSR count). The number of ether oxygens (including phenoxy) is 2. The Hall–Kier alpha value is -1.36. The fourth-order valence-electron chi connectivity index (χ4n) is 1.50. The second kappa shape index (κ2) is 10.6. The molecule has 0 saturated carbocycles. The maximum Gasteiger partial charge on any atom is 0.307 e. The van der Waals surface area contributed by atoms with E-state index >= 15 is 0 Å². The molecule has 5 nitrogen and oxygen atoms in total. The van der Waals surface area contributed by atoms with E-state index in [9.17, 15) is 9.59 Å². The molecule has 0 atom stereocenters. The van der Waals surface area contributed by atoms with Gasteiger partial charge in [-0.1, -0.05) is 5.57 Å². The Kier molecular flexibility index (Phi) is 9.80. The largest absolute Gasteiger partial charge is 0.469 e. The minimum atomic E-state index is -0.306. The summed E-state index contributed by atoms with van der Waals surface area (Å²) >= 11 is 0. The van der Waals surface area contributed by atoms with Crippen LogP contribution in [-0.4, -0.2) is 50.2 Å². The average molecular weight is 271 g/mol. The predicted octanol–water partition coefficient (Wildman–Crippen LogP) is 1.77. The van der Waals surface area contributed by atoms with E-state index in [1.165, 1.54) is 7.11 Å². The lowest BCUT2D eigenvalue weighted by Gasteiger charge is -2.21. The average Bonchev–Trinajstić information content (AvgIpc) is 2.36. The van der Waals surface area contributed by atoms with Crippen molar-refractivity contribution in [1.29, 1.82) is 0 Å². The summed E-state index contributed by atoms with van der Waals surface area (Å²) in [5.74, 6) is -0.375. The molecule has 5 heteroatoms. The molecule has 0 aliphatic rings. The van der Waals surface area contributed by atoms with Crippen LogP contribution in [0.15, 0.2) is 11.6 Å². The zero-order valence-electron chi connectivity index (χ0n) is 12.4. The molecule has 0 aliphatic carbocycles. The van der Waals surface area contributed by atoms with Crippen LogP contribution in [-0.2, 0) is 19.1 Å². The van der Waals surface area contributed by atoms with Crippen molar-refractivity contribution in [3.8, 4) is 0 Å². The lowest BCUT2D eigenvalue weighted by Crippen LogP contribution is -2.33. The van der Waals surface area contributed by atoms with Gasteiger partial charge in [-0.05, 0) is 27.2 Å². The van der Waals surface area contributed by atoms with Gasteiger partial charge < -0.3 is 14.4 Å². The minimum Gasteiger partial charge on any atom is -0.469 e. The van der Waals surface area contributed by atoms with E-state index in [4.69, 9.17) is 4.74 Å². The predicted molar refractivity (Wildman–Crippen MR) is 73.8 cm³/mol. The third kappa shape index (κ3) is 9.25. The molecule has 0 saturated heterocycles. The molecule has 0 aromatic rings. The highest BCUT2D eigenvalue weighted by molar-refractivity contribution is 5.88. The van der Waals surface area contributed by atoms with Gasteiger partial charge in [0.05, 0.1) is 13.5 Å². The lowest BCUT2D eigenvalue weighted by molar-refractivity contribution is -0.141. The maximum atomic E-state index is 12.0. The zero-order valence-corrected chi connectivity index (χ0v) is 12.4. The fourth-order valence-corrected chi connectivity index (χ4v) is 1.50. The maximum absolute atomic E-state index is 12.0. The van der Waals surface area contributed by atoms with Crippen molar-refractivity contribution in [2.45, 2.75) is 33.6 Å². The van der Waals surface area contributed by atoms with Crippen LogP contribution in [0.2, 0.25) is 0 Å². The number of carbonyl (C=O) groups is 2. The summed E-state index contributed by atoms with van der Waals surface area (Å²) in [6, 6.07) is 0. The number of hydrogen-bond acceptors (Lipinski definition) is 4. The van der Waals surface area contributed by atoms with Crippen LogP contribution in [0.3, 0.4) is 0 Å². The molecule has 110 valence electrons. The number of carbonyl (C=O) groups excluding carboxylic acids is 2. The molecule has 0 N–H and O–H groups in total. The smallest absolute Gasteiger partial charge is 0.307 e. The molecule has 0 aromatic carbocycles. The van der Waals surface area contributed by atoms with E-state index in [-0.39, 0.29) is 18.3 Å². The number of amides is 1. The number of nitrogens with zero attached hydrogens (tertiary/aromatic N) is 1. The van der Waals surface area contributed by atoms with Gasteiger partial charge in [0.1, 0.15) is 0 Å². The normalized spacial score (nSPS) is 9.89. The Morgan fingerprint density at radius 3 is 2.42 bits per heavy atom. The van der Waals surface area contributed by atoms with Crippen LogP contribution < -0.4 is 0 Å². The van der Waals surface area contributed by atoms with E-state index in [0.717, 1.165) is 12.0 Å². The molecule has 0 radical (unpaired) electrons. The first kappa shape index (κ1) is 17.6. The van der Waals surface area contributed by atoms with E-state index in [1.54, 1.807) is 11.0 Å². The van der Waals surface area contributed by atoms with Gasteiger partial charge in [0.25, 0.3) is 0 Å². The molecule has 0 aromatic heterocycles. The summed E-state index contributed by atoms with van der Waals surface area (Å²) in [5, 5.41) is 0. The Morgan fingerprint density at radius 1 is 1.21 bits per heavy atom. The van der Waals surface area contributed by atoms with E-state index < -0.39 is 0 Å². The first-order valence-corrected chi connectivity index (χ1v) is 6.59. The van der Waals surface area contributed by atoms with Crippen molar-refractivity contribution in [3.05, 3.63) is 11.6 Å². The van der Waals surface area contributed by atoms with Crippen molar-refractivity contribution in [1.82, 2.24) is 4.90 Å². The first-order chi connectivity index (χ1) is 9.01. The summed E-state index contributed by atoms with van der Waals surface area (Å²) in [7, 11) is 1.35. The molecule has 0 heterocycles. The number of methoxy groups -OCH3 is 1. The van der Waals surface area contributed by atoms with Crippen molar-refractivity contribution < 1.29 is 19.1 Å². The Labute approximate surface area is 115 Å². The molecule has 0 aliphatic heterocycles. The highest BCUT2D eigenvalue weighted by atomic mass is 16.5. The summed E-state index contributed by atoms with van der Waals surface area (Å²) in [6.45, 7) is 7.93. The topological polar surface area (TPSA) is 55.8 Å². The number of rotatable bonds is 9. The Bertz CT molecular complexity index is 309. The molecule has 0 bridgehead atoms. The monoisotopic (exact) mass is 271 g/mol. The summed E-state index contributed by atoms with van der Waals surface area (Å²) in [6.07, 6.45) is 2.56. The summed E-state index contributed by atoms with van der Waals surface area (Å²) < 4.78 is 9.83. The van der Waals surface area contributed by atoms with E-state index in [1.807, 2.05) is 20.8 Å². The third-order valence-corrected chi connectivity index (χ3v) is 2.46. The summed E-state index contributed by atoms with van der Waals surface area (Å²) in [5.41, 5.74) is 0.942. The van der Waals surface area contributed by atoms with Gasteiger partial charge in [-0.3, -0.25) is 9.59 Å². The van der Waals surface area contributed by atoms with Crippen molar-refractivity contribution in [2.24, 2.45) is 0 Å². The second-order valence-corrected chi connectivity index (χ2v) is 4.42. The van der Waals surface area contributed by atoms with Gasteiger partial charge >= 0.3 is 5.97 Å². The van der Waals surface area contributed by atoms with Crippen LogP contribution in [0.4, 0.5) is 0 Å². The Balaban J connectivity index is 4.33. The van der Waals surface area contributed by atoms with Crippen molar-refractivity contribution >= 4 is 11.9 Å². The molecule has 1 amide bonds. The highest BCUT2D eigenvalue weighted by Gasteiger charge is 2.13. The SMILES string of the molecule is CCOCCCN(CCC(=O)OC)C(=O)C=C(C)C. The summed E-state index contributed by atoms with van der Waals surface area (Å²) in [4.78, 5) is 24.8. The molecule has 0 spiro atoms. The third-order valence-electron chi connectivity index (χ3n) is 2.46. The quantitative estimate of drug-likeness (QED) is 0.364. The van der Waals surface area contributed by atoms with E-state index in [0.29, 0.717) is 26.3 Å². The zero-order chi connectivity index (χ0) is 14.7. The van der Waals surface area contributed by atoms with Crippen molar-refractivity contribution in [3.63, 3.8) is 0 Å². The van der Waals surface area contributed by atoms with Crippen LogP contribution in [0.25, 0.3) is 0 Å². The van der Waals surface area contributed by atoms with Crippen LogP contribution in [0, 0.1) is 0 Å². The van der Waals surface area contributed by atoms with Gasteiger partial charge in [-0.2, -0.15) is 0 Å². The first-order valence-electron chi connectivity index (χ1n) is 6.59. The Morgan fingerprint density at radius 2 is 1.89 bits per heavy atom. The molecular formula is C14H25NO4. The van der Waals surface area contributed by atoms with Crippen LogP contribution >= 0.6 is 0 Å².